The van der Waals surface area contributed by atoms with Crippen LogP contribution in [0.1, 0.15) is 22.3 Å². The predicted octanol–water partition coefficient (Wildman–Crippen LogP) is 2.44. The van der Waals surface area contributed by atoms with Crippen molar-refractivity contribution in [2.45, 2.75) is 18.6 Å². The standard InChI is InChI=1S/C12H12F4N2O.ClH/c13-10-8(2-1-3-9(10)12(14,15)16)11(19)18-5-4-7(17)6-18;/h1-3,7H,4-6,17H2;1H/t7-;/m1./s1. The maximum atomic E-state index is 13.8. The normalized spacial score (nSPS) is 18.9. The molecule has 2 N–H and O–H groups in total. The Morgan fingerprint density at radius 1 is 1.35 bits per heavy atom. The van der Waals surface area contributed by atoms with Crippen molar-refractivity contribution in [1.29, 1.82) is 0 Å². The first-order valence-electron chi connectivity index (χ1n) is 5.71. The molecule has 1 aliphatic heterocycles. The van der Waals surface area contributed by atoms with Gasteiger partial charge in [-0.2, -0.15) is 13.2 Å². The van der Waals surface area contributed by atoms with Gasteiger partial charge in [0.25, 0.3) is 5.91 Å². The topological polar surface area (TPSA) is 46.3 Å². The Kier molecular flexibility index (Phi) is 4.99. The third-order valence-electron chi connectivity index (χ3n) is 3.05. The van der Waals surface area contributed by atoms with E-state index < -0.39 is 29.0 Å². The average molecular weight is 313 g/mol. The van der Waals surface area contributed by atoms with E-state index in [2.05, 4.69) is 0 Å². The van der Waals surface area contributed by atoms with Gasteiger partial charge >= 0.3 is 6.18 Å². The second-order valence-electron chi connectivity index (χ2n) is 4.46. The largest absolute Gasteiger partial charge is 0.419 e. The number of halogens is 5. The molecule has 0 unspecified atom stereocenters. The second-order valence-corrected chi connectivity index (χ2v) is 4.46. The number of rotatable bonds is 1. The number of nitrogens with zero attached hydrogens (tertiary/aromatic N) is 1. The first kappa shape index (κ1) is 16.7. The predicted molar refractivity (Wildman–Crippen MR) is 67.1 cm³/mol. The molecule has 1 saturated heterocycles. The Morgan fingerprint density at radius 3 is 2.50 bits per heavy atom. The molecule has 1 aromatic carbocycles. The lowest BCUT2D eigenvalue weighted by molar-refractivity contribution is -0.140. The highest BCUT2D eigenvalue weighted by Gasteiger charge is 2.36. The minimum atomic E-state index is -4.82. The van der Waals surface area contributed by atoms with Crippen LogP contribution in [0.25, 0.3) is 0 Å². The third-order valence-corrected chi connectivity index (χ3v) is 3.05. The maximum Gasteiger partial charge on any atom is 0.419 e. The Bertz CT molecular complexity index is 507. The molecule has 2 rings (SSSR count). The van der Waals surface area contributed by atoms with Crippen molar-refractivity contribution < 1.29 is 22.4 Å². The van der Waals surface area contributed by atoms with E-state index in [1.165, 1.54) is 4.90 Å². The van der Waals surface area contributed by atoms with E-state index >= 15 is 0 Å². The molecule has 0 bridgehead atoms. The summed E-state index contributed by atoms with van der Waals surface area (Å²) >= 11 is 0. The number of likely N-dealkylation sites (tertiary alicyclic amines) is 1. The highest BCUT2D eigenvalue weighted by molar-refractivity contribution is 5.95. The highest BCUT2D eigenvalue weighted by Crippen LogP contribution is 2.32. The second kappa shape index (κ2) is 5.97. The van der Waals surface area contributed by atoms with Gasteiger partial charge in [-0.15, -0.1) is 12.4 Å². The van der Waals surface area contributed by atoms with Gasteiger partial charge in [0.1, 0.15) is 5.82 Å². The molecule has 0 aromatic heterocycles. The summed E-state index contributed by atoms with van der Waals surface area (Å²) < 4.78 is 51.4. The average Bonchev–Trinajstić information content (AvgIpc) is 2.74. The summed E-state index contributed by atoms with van der Waals surface area (Å²) in [6.45, 7) is 0.560. The van der Waals surface area contributed by atoms with Crippen LogP contribution in [-0.4, -0.2) is 29.9 Å². The fourth-order valence-corrected chi connectivity index (χ4v) is 2.06. The minimum Gasteiger partial charge on any atom is -0.337 e. The van der Waals surface area contributed by atoms with Crippen LogP contribution in [0.3, 0.4) is 0 Å². The van der Waals surface area contributed by atoms with Gasteiger partial charge in [-0.1, -0.05) is 6.07 Å². The summed E-state index contributed by atoms with van der Waals surface area (Å²) in [4.78, 5) is 13.2. The zero-order valence-corrected chi connectivity index (χ0v) is 11.1. The zero-order chi connectivity index (χ0) is 14.2. The van der Waals surface area contributed by atoms with Crippen LogP contribution in [0.15, 0.2) is 18.2 Å². The number of benzene rings is 1. The van der Waals surface area contributed by atoms with Gasteiger partial charge in [0.2, 0.25) is 0 Å². The van der Waals surface area contributed by atoms with Gasteiger partial charge < -0.3 is 10.6 Å². The molecule has 0 spiro atoms. The number of amides is 1. The van der Waals surface area contributed by atoms with Crippen LogP contribution >= 0.6 is 12.4 Å². The van der Waals surface area contributed by atoms with Gasteiger partial charge in [0.05, 0.1) is 11.1 Å². The molecule has 1 heterocycles. The summed E-state index contributed by atoms with van der Waals surface area (Å²) in [6.07, 6.45) is -4.26. The van der Waals surface area contributed by atoms with Crippen LogP contribution in [0.2, 0.25) is 0 Å². The van der Waals surface area contributed by atoms with E-state index in [0.717, 1.165) is 12.1 Å². The number of hydrogen-bond donors (Lipinski definition) is 1. The molecule has 8 heteroatoms. The molecular formula is C12H13ClF4N2O. The molecule has 1 atom stereocenters. The molecule has 20 heavy (non-hydrogen) atoms. The van der Waals surface area contributed by atoms with Gasteiger partial charge in [0.15, 0.2) is 0 Å². The number of hydrogen-bond acceptors (Lipinski definition) is 2. The quantitative estimate of drug-likeness (QED) is 0.810. The van der Waals surface area contributed by atoms with Crippen molar-refractivity contribution in [2.24, 2.45) is 5.73 Å². The van der Waals surface area contributed by atoms with Crippen molar-refractivity contribution in [3.63, 3.8) is 0 Å². The van der Waals surface area contributed by atoms with E-state index in [9.17, 15) is 22.4 Å². The van der Waals surface area contributed by atoms with Crippen molar-refractivity contribution in [3.8, 4) is 0 Å². The van der Waals surface area contributed by atoms with Gasteiger partial charge in [0, 0.05) is 19.1 Å². The van der Waals surface area contributed by atoms with Crippen molar-refractivity contribution in [2.75, 3.05) is 13.1 Å². The van der Waals surface area contributed by atoms with Crippen LogP contribution in [-0.2, 0) is 6.18 Å². The Labute approximate surface area is 119 Å². The lowest BCUT2D eigenvalue weighted by Crippen LogP contribution is -2.32. The molecule has 1 aliphatic rings. The van der Waals surface area contributed by atoms with E-state index in [4.69, 9.17) is 5.73 Å². The molecule has 3 nitrogen and oxygen atoms in total. The Morgan fingerprint density at radius 2 is 2.00 bits per heavy atom. The number of nitrogens with two attached hydrogens (primary N) is 1. The molecule has 0 aliphatic carbocycles. The number of carbonyl (C=O) groups excluding carboxylic acids is 1. The van der Waals surface area contributed by atoms with Gasteiger partial charge in [-0.3, -0.25) is 4.79 Å². The van der Waals surface area contributed by atoms with Crippen LogP contribution in [0.5, 0.6) is 0 Å². The van der Waals surface area contributed by atoms with E-state index in [1.807, 2.05) is 0 Å². The molecule has 0 radical (unpaired) electrons. The Balaban J connectivity index is 0.00000200. The first-order chi connectivity index (χ1) is 8.80. The van der Waals surface area contributed by atoms with Crippen LogP contribution in [0, 0.1) is 5.82 Å². The summed E-state index contributed by atoms with van der Waals surface area (Å²) in [7, 11) is 0. The zero-order valence-electron chi connectivity index (χ0n) is 10.3. The SMILES string of the molecule is Cl.N[C@@H]1CCN(C(=O)c2cccc(C(F)(F)F)c2F)C1. The van der Waals surface area contributed by atoms with Gasteiger partial charge in [-0.05, 0) is 18.6 Å². The third kappa shape index (κ3) is 3.21. The summed E-state index contributed by atoms with van der Waals surface area (Å²) in [5, 5.41) is 0. The van der Waals surface area contributed by atoms with E-state index in [-0.39, 0.29) is 25.0 Å². The molecular weight excluding hydrogens is 300 g/mol. The first-order valence-corrected chi connectivity index (χ1v) is 5.71. The number of alkyl halides is 3. The summed E-state index contributed by atoms with van der Waals surface area (Å²) in [5.41, 5.74) is 3.62. The highest BCUT2D eigenvalue weighted by atomic mass is 35.5. The molecule has 1 aromatic rings. The Hall–Kier alpha value is -1.34. The lowest BCUT2D eigenvalue weighted by Gasteiger charge is -2.17. The van der Waals surface area contributed by atoms with Crippen molar-refractivity contribution in [1.82, 2.24) is 4.90 Å². The fourth-order valence-electron chi connectivity index (χ4n) is 2.06. The maximum absolute atomic E-state index is 13.8. The van der Waals surface area contributed by atoms with E-state index in [1.54, 1.807) is 0 Å². The molecule has 1 fully saturated rings. The number of carbonyl (C=O) groups is 1. The van der Waals surface area contributed by atoms with Crippen molar-refractivity contribution in [3.05, 3.63) is 35.1 Å². The summed E-state index contributed by atoms with van der Waals surface area (Å²) in [5.74, 6) is -2.28. The van der Waals surface area contributed by atoms with Crippen molar-refractivity contribution >= 4 is 18.3 Å². The summed E-state index contributed by atoms with van der Waals surface area (Å²) in [6, 6.07) is 2.48. The van der Waals surface area contributed by atoms with Crippen LogP contribution < -0.4 is 5.73 Å². The van der Waals surface area contributed by atoms with E-state index in [0.29, 0.717) is 19.0 Å². The fraction of sp³-hybridized carbons (Fsp3) is 0.417. The smallest absolute Gasteiger partial charge is 0.337 e. The molecule has 112 valence electrons. The molecule has 0 saturated carbocycles. The lowest BCUT2D eigenvalue weighted by atomic mass is 10.1. The minimum absolute atomic E-state index is 0. The van der Waals surface area contributed by atoms with Crippen LogP contribution in [0.4, 0.5) is 17.6 Å². The molecule has 1 amide bonds. The van der Waals surface area contributed by atoms with Gasteiger partial charge in [-0.25, -0.2) is 4.39 Å². The monoisotopic (exact) mass is 312 g/mol.